The molecule has 3 nitrogen and oxygen atoms in total. The number of aliphatic hydroxyl groups is 1. The van der Waals surface area contributed by atoms with E-state index in [1.807, 2.05) is 0 Å². The molecule has 1 aromatic carbocycles. The molecule has 19 heavy (non-hydrogen) atoms. The Hall–Kier alpha value is -1.06. The van der Waals surface area contributed by atoms with Crippen LogP contribution >= 0.6 is 0 Å². The molecule has 1 aliphatic rings. The van der Waals surface area contributed by atoms with E-state index in [1.165, 1.54) is 16.7 Å². The molecule has 0 atom stereocenters. The summed E-state index contributed by atoms with van der Waals surface area (Å²) in [6, 6.07) is 4.35. The lowest BCUT2D eigenvalue weighted by atomic mass is 10.0. The first-order chi connectivity index (χ1) is 9.10. The third-order valence-electron chi connectivity index (χ3n) is 4.06. The van der Waals surface area contributed by atoms with E-state index in [0.717, 1.165) is 38.1 Å². The Morgan fingerprint density at radius 1 is 1.32 bits per heavy atom. The van der Waals surface area contributed by atoms with Crippen molar-refractivity contribution < 1.29 is 9.84 Å². The maximum Gasteiger partial charge on any atom is 0.125 e. The highest BCUT2D eigenvalue weighted by atomic mass is 16.5. The summed E-state index contributed by atoms with van der Waals surface area (Å²) in [6.45, 7) is 6.38. The molecular formula is C16H25NO2. The second-order valence-corrected chi connectivity index (χ2v) is 5.86. The van der Waals surface area contributed by atoms with Gasteiger partial charge in [-0.25, -0.2) is 0 Å². The van der Waals surface area contributed by atoms with Gasteiger partial charge in [0.1, 0.15) is 5.75 Å². The van der Waals surface area contributed by atoms with E-state index in [4.69, 9.17) is 4.74 Å². The highest BCUT2D eigenvalue weighted by molar-refractivity contribution is 5.43. The third kappa shape index (κ3) is 3.48. The van der Waals surface area contributed by atoms with Crippen LogP contribution in [0, 0.1) is 19.3 Å². The molecule has 1 saturated carbocycles. The number of aryl methyl sites for hydroxylation is 2. The predicted molar refractivity (Wildman–Crippen MR) is 77.8 cm³/mol. The van der Waals surface area contributed by atoms with Crippen LogP contribution in [0.25, 0.3) is 0 Å². The molecule has 0 aliphatic heterocycles. The number of nitrogens with one attached hydrogen (secondary N) is 1. The van der Waals surface area contributed by atoms with Crippen LogP contribution in [-0.2, 0) is 6.42 Å². The Bertz CT molecular complexity index is 439. The highest BCUT2D eigenvalue weighted by Gasteiger charge is 2.41. The van der Waals surface area contributed by atoms with Crippen LogP contribution in [0.2, 0.25) is 0 Å². The van der Waals surface area contributed by atoms with Crippen molar-refractivity contribution in [2.24, 2.45) is 5.41 Å². The minimum atomic E-state index is 0.187. The first-order valence-electron chi connectivity index (χ1n) is 7.06. The fourth-order valence-electron chi connectivity index (χ4n) is 2.66. The topological polar surface area (TPSA) is 41.5 Å². The van der Waals surface area contributed by atoms with Crippen LogP contribution in [0.1, 0.15) is 29.5 Å². The van der Waals surface area contributed by atoms with E-state index in [9.17, 15) is 5.11 Å². The minimum absolute atomic E-state index is 0.187. The van der Waals surface area contributed by atoms with Gasteiger partial charge in [-0.2, -0.15) is 0 Å². The summed E-state index contributed by atoms with van der Waals surface area (Å²) in [6.07, 6.45) is 3.28. The quantitative estimate of drug-likeness (QED) is 0.741. The van der Waals surface area contributed by atoms with Gasteiger partial charge >= 0.3 is 0 Å². The predicted octanol–water partition coefficient (Wildman–Crippen LogP) is 2.22. The van der Waals surface area contributed by atoms with Gasteiger partial charge in [0.05, 0.1) is 7.11 Å². The lowest BCUT2D eigenvalue weighted by Crippen LogP contribution is -2.28. The van der Waals surface area contributed by atoms with Crippen LogP contribution in [0.15, 0.2) is 12.1 Å². The maximum atomic E-state index is 9.27. The zero-order chi connectivity index (χ0) is 13.9. The molecule has 2 N–H and O–H groups in total. The van der Waals surface area contributed by atoms with E-state index in [-0.39, 0.29) is 5.41 Å². The molecule has 3 heteroatoms. The van der Waals surface area contributed by atoms with E-state index < -0.39 is 0 Å². The number of benzene rings is 1. The van der Waals surface area contributed by atoms with Crippen molar-refractivity contribution in [3.8, 4) is 5.75 Å². The highest BCUT2D eigenvalue weighted by Crippen LogP contribution is 2.44. The SMILES string of the molecule is COc1c(C)cc(C)cc1CCNCC1(CO)CC1. The minimum Gasteiger partial charge on any atom is -0.496 e. The molecule has 0 aromatic heterocycles. The average Bonchev–Trinajstić information content (AvgIpc) is 3.15. The molecule has 1 fully saturated rings. The number of methoxy groups -OCH3 is 1. The molecule has 0 amide bonds. The molecule has 0 saturated heterocycles. The smallest absolute Gasteiger partial charge is 0.125 e. The molecule has 1 aliphatic carbocycles. The van der Waals surface area contributed by atoms with Crippen LogP contribution in [-0.4, -0.2) is 31.9 Å². The second kappa shape index (κ2) is 5.93. The molecule has 106 valence electrons. The standard InChI is InChI=1S/C16H25NO2/c1-12-8-13(2)15(19-3)14(9-12)4-7-17-10-16(11-18)5-6-16/h8-9,17-18H,4-7,10-11H2,1-3H3. The zero-order valence-corrected chi connectivity index (χ0v) is 12.3. The van der Waals surface area contributed by atoms with Crippen molar-refractivity contribution in [3.63, 3.8) is 0 Å². The Morgan fingerprint density at radius 3 is 2.63 bits per heavy atom. The number of rotatable bonds is 7. The Morgan fingerprint density at radius 2 is 2.05 bits per heavy atom. The van der Waals surface area contributed by atoms with Crippen molar-refractivity contribution in [3.05, 3.63) is 28.8 Å². The van der Waals surface area contributed by atoms with Gasteiger partial charge in [0, 0.05) is 18.6 Å². The van der Waals surface area contributed by atoms with Crippen molar-refractivity contribution in [1.29, 1.82) is 0 Å². The second-order valence-electron chi connectivity index (χ2n) is 5.86. The van der Waals surface area contributed by atoms with Crippen molar-refractivity contribution in [1.82, 2.24) is 5.32 Å². The van der Waals surface area contributed by atoms with Crippen LogP contribution in [0.5, 0.6) is 5.75 Å². The Labute approximate surface area is 116 Å². The normalized spacial score (nSPS) is 16.4. The number of ether oxygens (including phenoxy) is 1. The summed E-state index contributed by atoms with van der Waals surface area (Å²) in [5.74, 6) is 1.01. The first-order valence-corrected chi connectivity index (χ1v) is 7.06. The molecule has 1 aromatic rings. The monoisotopic (exact) mass is 263 g/mol. The molecular weight excluding hydrogens is 238 g/mol. The molecule has 0 spiro atoms. The van der Waals surface area contributed by atoms with Crippen molar-refractivity contribution >= 4 is 0 Å². The Balaban J connectivity index is 1.88. The Kier molecular flexibility index (Phi) is 4.48. The van der Waals surface area contributed by atoms with E-state index in [2.05, 4.69) is 31.3 Å². The average molecular weight is 263 g/mol. The molecule has 0 heterocycles. The maximum absolute atomic E-state index is 9.27. The van der Waals surface area contributed by atoms with Gasteiger partial charge in [-0.1, -0.05) is 17.7 Å². The summed E-state index contributed by atoms with van der Waals surface area (Å²) in [4.78, 5) is 0. The summed E-state index contributed by atoms with van der Waals surface area (Å²) in [5.41, 5.74) is 3.93. The fourth-order valence-corrected chi connectivity index (χ4v) is 2.66. The summed E-state index contributed by atoms with van der Waals surface area (Å²) in [5, 5.41) is 12.7. The molecule has 2 rings (SSSR count). The van der Waals surface area contributed by atoms with Gasteiger partial charge < -0.3 is 15.2 Å². The van der Waals surface area contributed by atoms with Gasteiger partial charge in [-0.3, -0.25) is 0 Å². The molecule has 0 unspecified atom stereocenters. The van der Waals surface area contributed by atoms with Crippen LogP contribution in [0.4, 0.5) is 0 Å². The third-order valence-corrected chi connectivity index (χ3v) is 4.06. The number of hydrogen-bond acceptors (Lipinski definition) is 3. The largest absolute Gasteiger partial charge is 0.496 e. The summed E-state index contributed by atoms with van der Waals surface area (Å²) >= 11 is 0. The van der Waals surface area contributed by atoms with E-state index in [0.29, 0.717) is 6.61 Å². The van der Waals surface area contributed by atoms with Gasteiger partial charge in [0.25, 0.3) is 0 Å². The summed E-state index contributed by atoms with van der Waals surface area (Å²) in [7, 11) is 1.74. The fraction of sp³-hybridized carbons (Fsp3) is 0.625. The lowest BCUT2D eigenvalue weighted by molar-refractivity contribution is 0.208. The van der Waals surface area contributed by atoms with Gasteiger partial charge in [-0.15, -0.1) is 0 Å². The zero-order valence-electron chi connectivity index (χ0n) is 12.3. The van der Waals surface area contributed by atoms with Gasteiger partial charge in [0.2, 0.25) is 0 Å². The van der Waals surface area contributed by atoms with Crippen molar-refractivity contribution in [2.45, 2.75) is 33.1 Å². The summed E-state index contributed by atoms with van der Waals surface area (Å²) < 4.78 is 5.49. The van der Waals surface area contributed by atoms with Crippen LogP contribution in [0.3, 0.4) is 0 Å². The van der Waals surface area contributed by atoms with Gasteiger partial charge in [0.15, 0.2) is 0 Å². The van der Waals surface area contributed by atoms with Crippen LogP contribution < -0.4 is 10.1 Å². The van der Waals surface area contributed by atoms with Gasteiger partial charge in [-0.05, 0) is 50.8 Å². The molecule has 0 radical (unpaired) electrons. The molecule has 0 bridgehead atoms. The first kappa shape index (κ1) is 14.4. The van der Waals surface area contributed by atoms with E-state index >= 15 is 0 Å². The lowest BCUT2D eigenvalue weighted by Gasteiger charge is -2.15. The number of hydrogen-bond donors (Lipinski definition) is 2. The number of aliphatic hydroxyl groups excluding tert-OH is 1. The van der Waals surface area contributed by atoms with Crippen molar-refractivity contribution in [2.75, 3.05) is 26.8 Å². The van der Waals surface area contributed by atoms with E-state index in [1.54, 1.807) is 7.11 Å².